The molecule has 2 N–H and O–H groups in total. The van der Waals surface area contributed by atoms with E-state index in [4.69, 9.17) is 4.42 Å². The van der Waals surface area contributed by atoms with Gasteiger partial charge in [-0.25, -0.2) is 4.99 Å². The average Bonchev–Trinajstić information content (AvgIpc) is 3.33. The van der Waals surface area contributed by atoms with Gasteiger partial charge in [0, 0.05) is 26.2 Å². The van der Waals surface area contributed by atoms with Gasteiger partial charge in [-0.15, -0.1) is 0 Å². The molecule has 2 atom stereocenters. The van der Waals surface area contributed by atoms with Crippen LogP contribution in [0.25, 0.3) is 0 Å². The van der Waals surface area contributed by atoms with Crippen LogP contribution in [0.2, 0.25) is 0 Å². The van der Waals surface area contributed by atoms with Gasteiger partial charge in [-0.05, 0) is 57.3 Å². The molecule has 3 heterocycles. The van der Waals surface area contributed by atoms with E-state index in [-0.39, 0.29) is 0 Å². The monoisotopic (exact) mass is 334 g/mol. The molecule has 2 fully saturated rings. The number of nitrogens with one attached hydrogen (secondary N) is 1. The van der Waals surface area contributed by atoms with Crippen molar-refractivity contribution in [2.75, 3.05) is 45.8 Å². The molecule has 0 aromatic carbocycles. The molecule has 0 saturated carbocycles. The number of hydrogen-bond donors (Lipinski definition) is 2. The number of likely N-dealkylation sites (tertiary alicyclic amines) is 2. The maximum Gasteiger partial charge on any atom is 0.194 e. The van der Waals surface area contributed by atoms with E-state index in [0.29, 0.717) is 12.3 Å². The Labute approximate surface area is 144 Å². The number of rotatable bonds is 6. The zero-order chi connectivity index (χ0) is 16.8. The molecular weight excluding hydrogens is 304 g/mol. The fourth-order valence-corrected chi connectivity index (χ4v) is 3.67. The number of hydrogen-bond acceptors (Lipinski definition) is 4. The minimum absolute atomic E-state index is 0.323. The molecule has 0 spiro atoms. The van der Waals surface area contributed by atoms with E-state index in [0.717, 1.165) is 31.5 Å². The highest BCUT2D eigenvalue weighted by Gasteiger charge is 2.27. The summed E-state index contributed by atoms with van der Waals surface area (Å²) in [4.78, 5) is 9.55. The highest BCUT2D eigenvalue weighted by atomic mass is 16.4. The lowest BCUT2D eigenvalue weighted by atomic mass is 10.1. The van der Waals surface area contributed by atoms with Gasteiger partial charge >= 0.3 is 0 Å². The minimum Gasteiger partial charge on any atom is -0.467 e. The molecule has 2 aliphatic rings. The Kier molecular flexibility index (Phi) is 6.15. The first-order chi connectivity index (χ1) is 11.8. The van der Waals surface area contributed by atoms with Gasteiger partial charge in [-0.1, -0.05) is 0 Å². The summed E-state index contributed by atoms with van der Waals surface area (Å²) in [6.07, 6.45) is 4.83. The van der Waals surface area contributed by atoms with Crippen molar-refractivity contribution in [1.29, 1.82) is 0 Å². The van der Waals surface area contributed by atoms with E-state index < -0.39 is 6.10 Å². The van der Waals surface area contributed by atoms with E-state index in [1.165, 1.54) is 38.9 Å². The number of guanidine groups is 1. The average molecular weight is 334 g/mol. The van der Waals surface area contributed by atoms with Gasteiger partial charge in [0.05, 0.1) is 12.8 Å². The molecule has 0 bridgehead atoms. The number of nitrogens with zero attached hydrogens (tertiary/aromatic N) is 3. The maximum atomic E-state index is 10.2. The van der Waals surface area contributed by atoms with Crippen molar-refractivity contribution in [3.8, 4) is 0 Å². The predicted molar refractivity (Wildman–Crippen MR) is 95.0 cm³/mol. The van der Waals surface area contributed by atoms with Gasteiger partial charge < -0.3 is 24.6 Å². The van der Waals surface area contributed by atoms with Crippen LogP contribution in [0.5, 0.6) is 0 Å². The summed E-state index contributed by atoms with van der Waals surface area (Å²) in [6.45, 7) is 9.08. The summed E-state index contributed by atoms with van der Waals surface area (Å²) >= 11 is 0. The molecule has 1 aromatic heterocycles. The van der Waals surface area contributed by atoms with Gasteiger partial charge in [0.1, 0.15) is 11.9 Å². The Morgan fingerprint density at radius 1 is 1.42 bits per heavy atom. The normalized spacial score (nSPS) is 23.8. The number of furan rings is 1. The first-order valence-corrected chi connectivity index (χ1v) is 9.23. The van der Waals surface area contributed by atoms with Crippen molar-refractivity contribution in [2.24, 2.45) is 10.9 Å². The molecule has 6 heteroatoms. The zero-order valence-corrected chi connectivity index (χ0v) is 14.7. The van der Waals surface area contributed by atoms with Crippen LogP contribution >= 0.6 is 0 Å². The Morgan fingerprint density at radius 3 is 2.96 bits per heavy atom. The fourth-order valence-electron chi connectivity index (χ4n) is 3.67. The third kappa shape index (κ3) is 4.51. The summed E-state index contributed by atoms with van der Waals surface area (Å²) in [7, 11) is 0. The van der Waals surface area contributed by atoms with Crippen LogP contribution in [-0.2, 0) is 0 Å². The summed E-state index contributed by atoms with van der Waals surface area (Å²) < 4.78 is 5.25. The van der Waals surface area contributed by atoms with Crippen LogP contribution in [0.1, 0.15) is 38.1 Å². The van der Waals surface area contributed by atoms with Gasteiger partial charge in [-0.3, -0.25) is 0 Å². The second kappa shape index (κ2) is 8.53. The van der Waals surface area contributed by atoms with Crippen molar-refractivity contribution in [3.05, 3.63) is 24.2 Å². The summed E-state index contributed by atoms with van der Waals surface area (Å²) in [5.41, 5.74) is 0. The van der Waals surface area contributed by atoms with Gasteiger partial charge in [0.2, 0.25) is 0 Å². The first-order valence-electron chi connectivity index (χ1n) is 9.23. The molecule has 3 rings (SSSR count). The Bertz CT molecular complexity index is 511. The smallest absolute Gasteiger partial charge is 0.194 e. The van der Waals surface area contributed by atoms with Crippen molar-refractivity contribution < 1.29 is 9.52 Å². The Hall–Kier alpha value is -1.53. The molecule has 1 aromatic rings. The molecule has 0 amide bonds. The third-order valence-electron chi connectivity index (χ3n) is 4.92. The quantitative estimate of drug-likeness (QED) is 0.612. The summed E-state index contributed by atoms with van der Waals surface area (Å²) in [5, 5.41) is 13.5. The Morgan fingerprint density at radius 2 is 2.25 bits per heavy atom. The molecule has 2 saturated heterocycles. The SMILES string of the molecule is CCNC(=NCC(O)c1ccco1)N1CCC(CN2CCCC2)C1. The third-order valence-corrected chi connectivity index (χ3v) is 4.92. The van der Waals surface area contributed by atoms with Crippen molar-refractivity contribution >= 4 is 5.96 Å². The molecular formula is C18H30N4O2. The largest absolute Gasteiger partial charge is 0.467 e. The lowest BCUT2D eigenvalue weighted by Crippen LogP contribution is -2.41. The predicted octanol–water partition coefficient (Wildman–Crippen LogP) is 1.70. The topological polar surface area (TPSA) is 64.2 Å². The van der Waals surface area contributed by atoms with Crippen LogP contribution in [0.3, 0.4) is 0 Å². The number of aliphatic hydroxyl groups excluding tert-OH is 1. The van der Waals surface area contributed by atoms with Crippen molar-refractivity contribution in [2.45, 2.75) is 32.3 Å². The van der Waals surface area contributed by atoms with E-state index >= 15 is 0 Å². The Balaban J connectivity index is 1.53. The summed E-state index contributed by atoms with van der Waals surface area (Å²) in [5.74, 6) is 2.21. The van der Waals surface area contributed by atoms with E-state index in [1.807, 2.05) is 0 Å². The lowest BCUT2D eigenvalue weighted by molar-refractivity contribution is 0.158. The van der Waals surface area contributed by atoms with E-state index in [9.17, 15) is 5.11 Å². The van der Waals surface area contributed by atoms with Crippen LogP contribution < -0.4 is 5.32 Å². The van der Waals surface area contributed by atoms with E-state index in [2.05, 4.69) is 27.0 Å². The van der Waals surface area contributed by atoms with Gasteiger partial charge in [-0.2, -0.15) is 0 Å². The molecule has 2 aliphatic heterocycles. The minimum atomic E-state index is -0.684. The van der Waals surface area contributed by atoms with Crippen LogP contribution in [0.4, 0.5) is 0 Å². The van der Waals surface area contributed by atoms with Crippen molar-refractivity contribution in [1.82, 2.24) is 15.1 Å². The number of aliphatic hydroxyl groups is 1. The first kappa shape index (κ1) is 17.3. The molecule has 0 aliphatic carbocycles. The molecule has 0 radical (unpaired) electrons. The molecule has 134 valence electrons. The number of aliphatic imine (C=N–C) groups is 1. The van der Waals surface area contributed by atoms with Gasteiger partial charge in [0.25, 0.3) is 0 Å². The second-order valence-electron chi connectivity index (χ2n) is 6.83. The second-order valence-corrected chi connectivity index (χ2v) is 6.83. The molecule has 6 nitrogen and oxygen atoms in total. The highest BCUT2D eigenvalue weighted by Crippen LogP contribution is 2.20. The van der Waals surface area contributed by atoms with Crippen LogP contribution in [0, 0.1) is 5.92 Å². The zero-order valence-electron chi connectivity index (χ0n) is 14.7. The van der Waals surface area contributed by atoms with Crippen LogP contribution in [0.15, 0.2) is 27.8 Å². The van der Waals surface area contributed by atoms with E-state index in [1.54, 1.807) is 18.4 Å². The molecule has 24 heavy (non-hydrogen) atoms. The van der Waals surface area contributed by atoms with Crippen LogP contribution in [-0.4, -0.2) is 66.7 Å². The highest BCUT2D eigenvalue weighted by molar-refractivity contribution is 5.80. The molecule has 2 unspecified atom stereocenters. The lowest BCUT2D eigenvalue weighted by Gasteiger charge is -2.23. The maximum absolute atomic E-state index is 10.2. The fraction of sp³-hybridized carbons (Fsp3) is 0.722. The van der Waals surface area contributed by atoms with Crippen molar-refractivity contribution in [3.63, 3.8) is 0 Å². The van der Waals surface area contributed by atoms with Gasteiger partial charge in [0.15, 0.2) is 5.96 Å². The standard InChI is InChI=1S/C18H30N4O2/c1-2-19-18(20-12-16(23)17-6-5-11-24-17)22-10-7-15(14-22)13-21-8-3-4-9-21/h5-6,11,15-16,23H,2-4,7-10,12-14H2,1H3,(H,19,20). The summed E-state index contributed by atoms with van der Waals surface area (Å²) in [6, 6.07) is 3.58.